The van der Waals surface area contributed by atoms with Gasteiger partial charge in [-0.2, -0.15) is 4.98 Å². The number of aromatic nitrogens is 2. The number of hydrogen-bond donors (Lipinski definition) is 7. The number of benzene rings is 1. The highest BCUT2D eigenvalue weighted by Crippen LogP contribution is 2.28. The second-order valence-corrected chi connectivity index (χ2v) is 8.39. The number of aliphatic hydroxyl groups excluding tert-OH is 2. The van der Waals surface area contributed by atoms with Crippen LogP contribution in [0.25, 0.3) is 0 Å². The summed E-state index contributed by atoms with van der Waals surface area (Å²) < 4.78 is 11.6. The lowest BCUT2D eigenvalue weighted by molar-refractivity contribution is -0.151. The van der Waals surface area contributed by atoms with E-state index < -0.39 is 60.2 Å². The molecular formula is C23H31N5O10. The van der Waals surface area contributed by atoms with Crippen LogP contribution in [-0.4, -0.2) is 84.9 Å². The highest BCUT2D eigenvalue weighted by atomic mass is 16.6. The number of esters is 1. The van der Waals surface area contributed by atoms with Crippen LogP contribution in [0.5, 0.6) is 0 Å². The lowest BCUT2D eigenvalue weighted by Crippen LogP contribution is -2.39. The topological polar surface area (TPSA) is 264 Å². The van der Waals surface area contributed by atoms with Crippen LogP contribution >= 0.6 is 0 Å². The van der Waals surface area contributed by atoms with Gasteiger partial charge in [-0.25, -0.2) is 4.79 Å². The fourth-order valence-corrected chi connectivity index (χ4v) is 3.34. The predicted octanol–water partition coefficient (Wildman–Crippen LogP) is -2.18. The van der Waals surface area contributed by atoms with Crippen LogP contribution in [0.3, 0.4) is 0 Å². The number of nitrogen functional groups attached to an aromatic ring is 1. The summed E-state index contributed by atoms with van der Waals surface area (Å²) in [6.45, 7) is -0.326. The molecule has 10 N–H and O–H groups in total. The van der Waals surface area contributed by atoms with Gasteiger partial charge < -0.3 is 47.1 Å². The minimum absolute atomic E-state index is 0.0205. The van der Waals surface area contributed by atoms with Crippen LogP contribution < -0.4 is 22.9 Å². The van der Waals surface area contributed by atoms with E-state index in [9.17, 15) is 29.4 Å². The van der Waals surface area contributed by atoms with Crippen molar-refractivity contribution in [3.8, 4) is 0 Å². The maximum absolute atomic E-state index is 12.1. The Morgan fingerprint density at radius 3 is 2.29 bits per heavy atom. The number of nitrogens with two attached hydrogens (primary N) is 3. The Bertz CT molecular complexity index is 1140. The van der Waals surface area contributed by atoms with E-state index in [2.05, 4.69) is 4.98 Å². The average molecular weight is 538 g/mol. The van der Waals surface area contributed by atoms with Crippen molar-refractivity contribution in [1.29, 1.82) is 0 Å². The molecule has 0 unspecified atom stereocenters. The Morgan fingerprint density at radius 1 is 1.05 bits per heavy atom. The zero-order valence-corrected chi connectivity index (χ0v) is 20.2. The van der Waals surface area contributed by atoms with Gasteiger partial charge in [0.05, 0.1) is 0 Å². The smallest absolute Gasteiger partial charge is 0.351 e. The van der Waals surface area contributed by atoms with Gasteiger partial charge in [0.1, 0.15) is 42.8 Å². The van der Waals surface area contributed by atoms with Crippen molar-refractivity contribution < 1.29 is 44.3 Å². The van der Waals surface area contributed by atoms with Gasteiger partial charge in [-0.05, 0) is 24.5 Å². The fraction of sp³-hybridized carbons (Fsp3) is 0.435. The molecule has 15 nitrogen and oxygen atoms in total. The summed E-state index contributed by atoms with van der Waals surface area (Å²) in [7, 11) is 0. The highest BCUT2D eigenvalue weighted by Gasteiger charge is 2.44. The standard InChI is InChI=1S/C18H22N4O6.C5H9NO4/c19-11(8-10-4-2-1-3-5-10)17(25)27-9-12-14(23)15(24)16(28-12)22-7-6-13(20)21-18(22)26;6-3(5(9)10)1-2-4(7)8/h1-7,11-12,14-16,23-24H,8-9,19H2,(H2,20,21,26);3H,1-2,6H2,(H,7,8)(H,9,10)/t11-,12-,14-,15+,16-;3-/m10/s1. The first kappa shape index (κ1) is 30.3. The molecule has 1 aliphatic heterocycles. The van der Waals surface area contributed by atoms with Crippen LogP contribution in [0.2, 0.25) is 0 Å². The van der Waals surface area contributed by atoms with Gasteiger partial charge in [-0.1, -0.05) is 30.3 Å². The van der Waals surface area contributed by atoms with Crippen LogP contribution in [0.4, 0.5) is 5.82 Å². The Morgan fingerprint density at radius 2 is 1.71 bits per heavy atom. The third-order valence-electron chi connectivity index (χ3n) is 5.44. The number of carboxylic acid groups (broad SMARTS) is 2. The first-order valence-electron chi connectivity index (χ1n) is 11.4. The molecule has 0 amide bonds. The van der Waals surface area contributed by atoms with Crippen molar-refractivity contribution in [2.75, 3.05) is 12.3 Å². The SMILES string of the molecule is N[C@@H](CCC(=O)O)C(=O)O.Nc1ccn([C@@H]2O[C@H](COC(=O)[C@H](N)Cc3ccccc3)[C@@H](O)[C@@H]2O)c(=O)n1. The fourth-order valence-electron chi connectivity index (χ4n) is 3.34. The van der Waals surface area contributed by atoms with E-state index >= 15 is 0 Å². The zero-order chi connectivity index (χ0) is 28.4. The predicted molar refractivity (Wildman–Crippen MR) is 130 cm³/mol. The second kappa shape index (κ2) is 14.2. The molecule has 1 aromatic heterocycles. The van der Waals surface area contributed by atoms with E-state index in [1.807, 2.05) is 30.3 Å². The van der Waals surface area contributed by atoms with Gasteiger partial charge >= 0.3 is 23.6 Å². The zero-order valence-electron chi connectivity index (χ0n) is 20.2. The molecule has 1 fully saturated rings. The Kier molecular flexibility index (Phi) is 11.3. The summed E-state index contributed by atoms with van der Waals surface area (Å²) in [6.07, 6.45) is -3.62. The first-order valence-corrected chi connectivity index (χ1v) is 11.4. The number of anilines is 1. The van der Waals surface area contributed by atoms with Crippen molar-refractivity contribution in [2.24, 2.45) is 11.5 Å². The van der Waals surface area contributed by atoms with Crippen LogP contribution in [0.15, 0.2) is 47.4 Å². The largest absolute Gasteiger partial charge is 0.481 e. The molecule has 0 bridgehead atoms. The van der Waals surface area contributed by atoms with E-state index in [4.69, 9.17) is 36.9 Å². The van der Waals surface area contributed by atoms with E-state index in [1.54, 1.807) is 0 Å². The summed E-state index contributed by atoms with van der Waals surface area (Å²) in [4.78, 5) is 47.4. The molecule has 1 aliphatic rings. The van der Waals surface area contributed by atoms with E-state index in [1.165, 1.54) is 12.3 Å². The van der Waals surface area contributed by atoms with Crippen LogP contribution in [0.1, 0.15) is 24.6 Å². The molecular weight excluding hydrogens is 506 g/mol. The summed E-state index contributed by atoms with van der Waals surface area (Å²) in [5, 5.41) is 36.6. The summed E-state index contributed by atoms with van der Waals surface area (Å²) >= 11 is 0. The molecule has 0 radical (unpaired) electrons. The molecule has 38 heavy (non-hydrogen) atoms. The van der Waals surface area contributed by atoms with Crippen LogP contribution in [0, 0.1) is 0 Å². The van der Waals surface area contributed by atoms with Crippen molar-refractivity contribution in [3.63, 3.8) is 0 Å². The maximum atomic E-state index is 12.1. The van der Waals surface area contributed by atoms with Crippen molar-refractivity contribution in [3.05, 3.63) is 58.6 Å². The van der Waals surface area contributed by atoms with E-state index in [0.29, 0.717) is 6.42 Å². The van der Waals surface area contributed by atoms with Gasteiger partial charge in [0.2, 0.25) is 0 Å². The van der Waals surface area contributed by atoms with Crippen molar-refractivity contribution in [2.45, 2.75) is 55.9 Å². The lowest BCUT2D eigenvalue weighted by atomic mass is 10.1. The number of ether oxygens (including phenoxy) is 2. The monoisotopic (exact) mass is 537 g/mol. The number of carbonyl (C=O) groups excluding carboxylic acids is 1. The molecule has 1 saturated heterocycles. The summed E-state index contributed by atoms with van der Waals surface area (Å²) in [5.74, 6) is -2.84. The quantitative estimate of drug-likeness (QED) is 0.159. The highest BCUT2D eigenvalue weighted by molar-refractivity contribution is 5.76. The second-order valence-electron chi connectivity index (χ2n) is 8.39. The van der Waals surface area contributed by atoms with Gasteiger partial charge in [-0.3, -0.25) is 19.0 Å². The molecule has 3 rings (SSSR count). The number of rotatable bonds is 10. The molecule has 2 aromatic rings. The molecule has 208 valence electrons. The van der Waals surface area contributed by atoms with Crippen molar-refractivity contribution >= 4 is 23.7 Å². The molecule has 1 aromatic carbocycles. The molecule has 15 heteroatoms. The van der Waals surface area contributed by atoms with Crippen LogP contribution in [-0.2, 0) is 30.3 Å². The number of aliphatic carboxylic acids is 2. The number of hydrogen-bond acceptors (Lipinski definition) is 12. The van der Waals surface area contributed by atoms with Gasteiger partial charge in [-0.15, -0.1) is 0 Å². The maximum Gasteiger partial charge on any atom is 0.351 e. The molecule has 0 spiro atoms. The van der Waals surface area contributed by atoms with E-state index in [-0.39, 0.29) is 25.3 Å². The molecule has 6 atom stereocenters. The van der Waals surface area contributed by atoms with Gasteiger partial charge in [0, 0.05) is 12.6 Å². The first-order chi connectivity index (χ1) is 17.9. The Balaban J connectivity index is 0.000000432. The molecule has 0 aliphatic carbocycles. The number of aliphatic hydroxyl groups is 2. The third kappa shape index (κ3) is 8.89. The summed E-state index contributed by atoms with van der Waals surface area (Å²) in [5.41, 5.74) is 16.4. The third-order valence-corrected chi connectivity index (χ3v) is 5.44. The number of nitrogens with zero attached hydrogens (tertiary/aromatic N) is 2. The minimum Gasteiger partial charge on any atom is -0.481 e. The summed E-state index contributed by atoms with van der Waals surface area (Å²) in [6, 6.07) is 8.64. The normalized spacial score (nSPS) is 22.0. The van der Waals surface area contributed by atoms with Crippen molar-refractivity contribution in [1.82, 2.24) is 9.55 Å². The minimum atomic E-state index is -1.41. The average Bonchev–Trinajstić information content (AvgIpc) is 3.15. The Hall–Kier alpha value is -3.89. The molecule has 0 saturated carbocycles. The molecule has 2 heterocycles. The Labute approximate surface area is 216 Å². The number of carbonyl (C=O) groups is 3. The van der Waals surface area contributed by atoms with E-state index in [0.717, 1.165) is 10.1 Å². The lowest BCUT2D eigenvalue weighted by Gasteiger charge is -2.17. The van der Waals surface area contributed by atoms with Gasteiger partial charge in [0.25, 0.3) is 0 Å². The number of carboxylic acids is 2. The van der Waals surface area contributed by atoms with Gasteiger partial charge in [0.15, 0.2) is 6.23 Å².